The maximum absolute atomic E-state index is 12.2. The van der Waals surface area contributed by atoms with Crippen LogP contribution in [0.2, 0.25) is 0 Å². The molecule has 1 aromatic carbocycles. The van der Waals surface area contributed by atoms with Crippen LogP contribution in [0.25, 0.3) is 0 Å². The van der Waals surface area contributed by atoms with Crippen LogP contribution in [0.15, 0.2) is 24.3 Å². The number of benzene rings is 1. The molecule has 5 nitrogen and oxygen atoms in total. The maximum Gasteiger partial charge on any atom is 0.243 e. The van der Waals surface area contributed by atoms with Crippen LogP contribution in [0.3, 0.4) is 0 Å². The highest BCUT2D eigenvalue weighted by Gasteiger charge is 2.32. The van der Waals surface area contributed by atoms with Crippen LogP contribution in [-0.4, -0.2) is 41.0 Å². The maximum atomic E-state index is 12.2. The second kappa shape index (κ2) is 7.59. The Morgan fingerprint density at radius 1 is 1.17 bits per heavy atom. The summed E-state index contributed by atoms with van der Waals surface area (Å²) in [7, 11) is 1.60. The van der Waals surface area contributed by atoms with E-state index in [1.807, 2.05) is 31.2 Å². The molecular weight excluding hydrogens is 292 g/mol. The number of hydrogen-bond donors (Lipinski definition) is 2. The first-order chi connectivity index (χ1) is 10.9. The first-order valence-corrected chi connectivity index (χ1v) is 8.21. The predicted molar refractivity (Wildman–Crippen MR) is 90.1 cm³/mol. The van der Waals surface area contributed by atoms with Crippen LogP contribution in [-0.2, 0) is 9.59 Å². The second-order valence-electron chi connectivity index (χ2n) is 6.63. The molecule has 2 amide bonds. The van der Waals surface area contributed by atoms with Gasteiger partial charge in [-0.3, -0.25) is 9.59 Å². The van der Waals surface area contributed by atoms with E-state index in [2.05, 4.69) is 5.32 Å². The highest BCUT2D eigenvalue weighted by atomic mass is 16.3. The number of rotatable bonds is 5. The fourth-order valence-electron chi connectivity index (χ4n) is 2.94. The Kier molecular flexibility index (Phi) is 5.77. The van der Waals surface area contributed by atoms with Crippen molar-refractivity contribution in [3.8, 4) is 0 Å². The van der Waals surface area contributed by atoms with E-state index < -0.39 is 5.60 Å². The Labute approximate surface area is 137 Å². The minimum Gasteiger partial charge on any atom is -0.389 e. The normalized spacial score (nSPS) is 16.7. The van der Waals surface area contributed by atoms with E-state index in [0.717, 1.165) is 24.8 Å². The van der Waals surface area contributed by atoms with Gasteiger partial charge in [0, 0.05) is 12.7 Å². The lowest BCUT2D eigenvalue weighted by Gasteiger charge is -2.32. The van der Waals surface area contributed by atoms with E-state index >= 15 is 0 Å². The van der Waals surface area contributed by atoms with Crippen molar-refractivity contribution in [3.05, 3.63) is 29.8 Å². The van der Waals surface area contributed by atoms with Gasteiger partial charge in [0.25, 0.3) is 0 Å². The third kappa shape index (κ3) is 5.36. The largest absolute Gasteiger partial charge is 0.389 e. The van der Waals surface area contributed by atoms with Gasteiger partial charge in [0.1, 0.15) is 0 Å². The second-order valence-corrected chi connectivity index (χ2v) is 6.63. The molecule has 126 valence electrons. The molecule has 0 unspecified atom stereocenters. The molecule has 2 rings (SSSR count). The van der Waals surface area contributed by atoms with Crippen molar-refractivity contribution in [2.45, 2.75) is 51.0 Å². The first-order valence-electron chi connectivity index (χ1n) is 8.21. The summed E-state index contributed by atoms with van der Waals surface area (Å²) >= 11 is 0. The highest BCUT2D eigenvalue weighted by Crippen LogP contribution is 2.31. The van der Waals surface area contributed by atoms with Gasteiger partial charge in [-0.2, -0.15) is 0 Å². The zero-order valence-electron chi connectivity index (χ0n) is 14.0. The van der Waals surface area contributed by atoms with Crippen LogP contribution in [0.1, 0.15) is 44.1 Å². The van der Waals surface area contributed by atoms with Crippen molar-refractivity contribution in [1.82, 2.24) is 4.90 Å². The minimum atomic E-state index is -0.892. The quantitative estimate of drug-likeness (QED) is 0.876. The fraction of sp³-hybridized carbons (Fsp3) is 0.556. The fourth-order valence-corrected chi connectivity index (χ4v) is 2.94. The van der Waals surface area contributed by atoms with Gasteiger partial charge in [0.2, 0.25) is 11.8 Å². The van der Waals surface area contributed by atoms with Gasteiger partial charge in [0.05, 0.1) is 18.6 Å². The van der Waals surface area contributed by atoms with Crippen LogP contribution in [0.5, 0.6) is 0 Å². The average Bonchev–Trinajstić information content (AvgIpc) is 2.49. The van der Waals surface area contributed by atoms with E-state index in [1.165, 1.54) is 4.90 Å². The zero-order valence-corrected chi connectivity index (χ0v) is 14.0. The summed E-state index contributed by atoms with van der Waals surface area (Å²) in [5.41, 5.74) is 0.945. The Hall–Kier alpha value is -1.88. The lowest BCUT2D eigenvalue weighted by atomic mass is 9.82. The molecule has 23 heavy (non-hydrogen) atoms. The van der Waals surface area contributed by atoms with Crippen molar-refractivity contribution in [2.75, 3.05) is 18.9 Å². The number of aliphatic hydroxyl groups is 1. The number of nitrogens with zero attached hydrogens (tertiary/aromatic N) is 1. The van der Waals surface area contributed by atoms with E-state index in [0.29, 0.717) is 18.5 Å². The number of carbonyl (C=O) groups is 2. The summed E-state index contributed by atoms with van der Waals surface area (Å²) in [6.07, 6.45) is 4.47. The molecule has 0 atom stereocenters. The van der Waals surface area contributed by atoms with E-state index in [4.69, 9.17) is 0 Å². The van der Waals surface area contributed by atoms with E-state index in [1.54, 1.807) is 7.05 Å². The van der Waals surface area contributed by atoms with Gasteiger partial charge in [-0.05, 0) is 31.9 Å². The molecule has 0 heterocycles. The van der Waals surface area contributed by atoms with Crippen molar-refractivity contribution < 1.29 is 14.7 Å². The molecule has 2 N–H and O–H groups in total. The lowest BCUT2D eigenvalue weighted by molar-refractivity contribution is -0.139. The van der Waals surface area contributed by atoms with E-state index in [9.17, 15) is 14.7 Å². The molecule has 0 spiro atoms. The SMILES string of the molecule is Cc1ccc(NC(=O)CN(C)C(=O)CC2(O)CCCCC2)cc1. The Bertz CT molecular complexity index is 548. The van der Waals surface area contributed by atoms with Crippen LogP contribution in [0, 0.1) is 6.92 Å². The molecule has 0 saturated heterocycles. The van der Waals surface area contributed by atoms with Gasteiger partial charge in [-0.25, -0.2) is 0 Å². The summed E-state index contributed by atoms with van der Waals surface area (Å²) in [5.74, 6) is -0.422. The topological polar surface area (TPSA) is 69.6 Å². The third-order valence-corrected chi connectivity index (χ3v) is 4.41. The molecule has 1 fully saturated rings. The van der Waals surface area contributed by atoms with Crippen LogP contribution < -0.4 is 5.32 Å². The highest BCUT2D eigenvalue weighted by molar-refractivity contribution is 5.94. The average molecular weight is 318 g/mol. The van der Waals surface area contributed by atoms with Crippen LogP contribution in [0.4, 0.5) is 5.69 Å². The van der Waals surface area contributed by atoms with Gasteiger partial charge in [-0.1, -0.05) is 37.0 Å². The molecule has 1 saturated carbocycles. The van der Waals surface area contributed by atoms with Gasteiger partial charge >= 0.3 is 0 Å². The lowest BCUT2D eigenvalue weighted by Crippen LogP contribution is -2.41. The number of amides is 2. The Balaban J connectivity index is 1.82. The molecule has 0 radical (unpaired) electrons. The van der Waals surface area contributed by atoms with Crippen molar-refractivity contribution in [1.29, 1.82) is 0 Å². The molecule has 1 aliphatic carbocycles. The summed E-state index contributed by atoms with van der Waals surface area (Å²) in [4.78, 5) is 25.6. The summed E-state index contributed by atoms with van der Waals surface area (Å²) < 4.78 is 0. The molecule has 0 aromatic heterocycles. The summed E-state index contributed by atoms with van der Waals surface area (Å²) in [5, 5.41) is 13.2. The molecule has 5 heteroatoms. The number of nitrogens with one attached hydrogen (secondary N) is 1. The van der Waals surface area contributed by atoms with Gasteiger partial charge < -0.3 is 15.3 Å². The van der Waals surface area contributed by atoms with Crippen molar-refractivity contribution in [3.63, 3.8) is 0 Å². The third-order valence-electron chi connectivity index (χ3n) is 4.41. The molecule has 0 aliphatic heterocycles. The standard InChI is InChI=1S/C18H26N2O3/c1-14-6-8-15(9-7-14)19-16(21)13-20(2)17(22)12-18(23)10-4-3-5-11-18/h6-9,23H,3-5,10-13H2,1-2H3,(H,19,21). The van der Waals surface area contributed by atoms with Crippen molar-refractivity contribution in [2.24, 2.45) is 0 Å². The van der Waals surface area contributed by atoms with Gasteiger partial charge in [-0.15, -0.1) is 0 Å². The molecule has 0 bridgehead atoms. The van der Waals surface area contributed by atoms with Gasteiger partial charge in [0.15, 0.2) is 0 Å². The number of hydrogen-bond acceptors (Lipinski definition) is 3. The molecular formula is C18H26N2O3. The monoisotopic (exact) mass is 318 g/mol. The molecule has 1 aromatic rings. The number of likely N-dealkylation sites (N-methyl/N-ethyl adjacent to an activating group) is 1. The Morgan fingerprint density at radius 3 is 2.39 bits per heavy atom. The first kappa shape index (κ1) is 17.5. The molecule has 1 aliphatic rings. The predicted octanol–water partition coefficient (Wildman–Crippen LogP) is 2.48. The minimum absolute atomic E-state index is 0.0111. The van der Waals surface area contributed by atoms with Crippen LogP contribution >= 0.6 is 0 Å². The van der Waals surface area contributed by atoms with Crippen molar-refractivity contribution >= 4 is 17.5 Å². The number of anilines is 1. The zero-order chi connectivity index (χ0) is 16.9. The smallest absolute Gasteiger partial charge is 0.243 e. The summed E-state index contributed by atoms with van der Waals surface area (Å²) in [6.45, 7) is 1.97. The summed E-state index contributed by atoms with van der Waals surface area (Å²) in [6, 6.07) is 7.51. The Morgan fingerprint density at radius 2 is 1.78 bits per heavy atom. The number of carbonyl (C=O) groups excluding carboxylic acids is 2. The van der Waals surface area contributed by atoms with E-state index in [-0.39, 0.29) is 24.8 Å². The number of aryl methyl sites for hydroxylation is 1.